The summed E-state index contributed by atoms with van der Waals surface area (Å²) in [6.45, 7) is 9.33. The topological polar surface area (TPSA) is 8.81 Å². The molecule has 0 amide bonds. The van der Waals surface area contributed by atoms with Crippen LogP contribution in [0.15, 0.2) is 12.4 Å². The van der Waals surface area contributed by atoms with Crippen LogP contribution in [0.1, 0.15) is 142 Å². The van der Waals surface area contributed by atoms with Crippen LogP contribution in [-0.2, 0) is 19.5 Å². The minimum Gasteiger partial charge on any atom is -0.234 e. The normalized spacial score (nSPS) is 11.4. The zero-order valence-corrected chi connectivity index (χ0v) is 20.4. The summed E-state index contributed by atoms with van der Waals surface area (Å²) in [5, 5.41) is 0. The first-order chi connectivity index (χ1) is 14.3. The number of imidazole rings is 1. The summed E-state index contributed by atoms with van der Waals surface area (Å²) < 4.78 is 5.07. The average molecular weight is 406 g/mol. The first kappa shape index (κ1) is 26.2. The molecule has 29 heavy (non-hydrogen) atoms. The third-order valence-electron chi connectivity index (χ3n) is 6.32. The van der Waals surface area contributed by atoms with E-state index >= 15 is 0 Å². The van der Waals surface area contributed by atoms with Crippen LogP contribution in [0.2, 0.25) is 0 Å². The predicted molar refractivity (Wildman–Crippen MR) is 128 cm³/mol. The molecule has 0 unspecified atom stereocenters. The molecule has 0 aromatic carbocycles. The molecular weight excluding hydrogens is 352 g/mol. The highest BCUT2D eigenvalue weighted by Gasteiger charge is 2.15. The van der Waals surface area contributed by atoms with Gasteiger partial charge in [-0.3, -0.25) is 0 Å². The van der Waals surface area contributed by atoms with Gasteiger partial charge in [0.05, 0.1) is 13.1 Å². The van der Waals surface area contributed by atoms with Crippen molar-refractivity contribution in [2.45, 2.75) is 156 Å². The number of hydrogen-bond acceptors (Lipinski definition) is 0. The molecule has 2 nitrogen and oxygen atoms in total. The Morgan fingerprint density at radius 2 is 1.07 bits per heavy atom. The smallest absolute Gasteiger partial charge is 0.234 e. The Morgan fingerprint density at radius 3 is 1.59 bits per heavy atom. The minimum absolute atomic E-state index is 1.21. The summed E-state index contributed by atoms with van der Waals surface area (Å²) in [6.07, 6.45) is 31.2. The first-order valence-corrected chi connectivity index (χ1v) is 13.4. The largest absolute Gasteiger partial charge is 0.256 e. The maximum Gasteiger partial charge on any atom is 0.256 e. The van der Waals surface area contributed by atoms with Crippen molar-refractivity contribution in [1.82, 2.24) is 4.57 Å². The van der Waals surface area contributed by atoms with E-state index in [9.17, 15) is 0 Å². The highest BCUT2D eigenvalue weighted by Crippen LogP contribution is 2.13. The van der Waals surface area contributed by atoms with Crippen LogP contribution in [0.4, 0.5) is 0 Å². The number of nitrogens with zero attached hydrogens (tertiary/aromatic N) is 2. The fraction of sp³-hybridized carbons (Fsp3) is 0.889. The molecule has 1 rings (SSSR count). The number of rotatable bonds is 21. The van der Waals surface area contributed by atoms with Crippen molar-refractivity contribution in [2.75, 3.05) is 0 Å². The molecule has 0 N–H and O–H groups in total. The van der Waals surface area contributed by atoms with Gasteiger partial charge in [-0.15, -0.1) is 0 Å². The molecular formula is C27H53N2+. The molecule has 0 radical (unpaired) electrons. The van der Waals surface area contributed by atoms with Crippen molar-refractivity contribution < 1.29 is 4.57 Å². The second-order valence-electron chi connectivity index (χ2n) is 9.15. The van der Waals surface area contributed by atoms with Gasteiger partial charge in [0.25, 0.3) is 5.82 Å². The second-order valence-corrected chi connectivity index (χ2v) is 9.15. The predicted octanol–water partition coefficient (Wildman–Crippen LogP) is 8.40. The summed E-state index contributed by atoms with van der Waals surface area (Å²) in [5.74, 6) is 1.56. The van der Waals surface area contributed by atoms with E-state index in [2.05, 4.69) is 42.3 Å². The number of hydrogen-bond donors (Lipinski definition) is 0. The van der Waals surface area contributed by atoms with E-state index in [1.165, 1.54) is 135 Å². The molecule has 0 saturated carbocycles. The van der Waals surface area contributed by atoms with E-state index in [4.69, 9.17) is 0 Å². The molecule has 0 aliphatic rings. The van der Waals surface area contributed by atoms with Gasteiger partial charge in [-0.1, -0.05) is 104 Å². The van der Waals surface area contributed by atoms with E-state index in [0.717, 1.165) is 0 Å². The van der Waals surface area contributed by atoms with E-state index in [1.54, 1.807) is 5.82 Å². The van der Waals surface area contributed by atoms with E-state index in [0.29, 0.717) is 0 Å². The van der Waals surface area contributed by atoms with Gasteiger partial charge in [-0.05, 0) is 32.1 Å². The van der Waals surface area contributed by atoms with Crippen molar-refractivity contribution in [3.05, 3.63) is 18.2 Å². The summed E-state index contributed by atoms with van der Waals surface area (Å²) in [5.41, 5.74) is 0. The van der Waals surface area contributed by atoms with Crippen LogP contribution >= 0.6 is 0 Å². The lowest BCUT2D eigenvalue weighted by molar-refractivity contribution is -0.704. The van der Waals surface area contributed by atoms with Crippen molar-refractivity contribution in [1.29, 1.82) is 0 Å². The Morgan fingerprint density at radius 1 is 0.586 bits per heavy atom. The minimum atomic E-state index is 1.21. The number of aromatic nitrogens is 2. The van der Waals surface area contributed by atoms with Gasteiger partial charge in [0.2, 0.25) is 0 Å². The highest BCUT2D eigenvalue weighted by molar-refractivity contribution is 4.84. The molecule has 0 saturated heterocycles. The van der Waals surface area contributed by atoms with Crippen LogP contribution < -0.4 is 4.57 Å². The molecule has 1 aromatic rings. The highest BCUT2D eigenvalue weighted by atomic mass is 15.1. The molecule has 0 spiro atoms. The van der Waals surface area contributed by atoms with Gasteiger partial charge >= 0.3 is 0 Å². The van der Waals surface area contributed by atoms with Crippen LogP contribution in [0.25, 0.3) is 0 Å². The molecule has 0 atom stereocenters. The number of unbranched alkanes of at least 4 members (excludes halogenated alkanes) is 15. The SMILES string of the molecule is CCCCCCCCCCCCCCC[n+]1ccn(CCCCCC)c1CCC. The molecule has 0 fully saturated rings. The van der Waals surface area contributed by atoms with E-state index < -0.39 is 0 Å². The maximum absolute atomic E-state index is 2.54. The molecule has 0 aliphatic carbocycles. The molecule has 1 heterocycles. The average Bonchev–Trinajstić information content (AvgIpc) is 3.11. The summed E-state index contributed by atoms with van der Waals surface area (Å²) in [4.78, 5) is 0. The summed E-state index contributed by atoms with van der Waals surface area (Å²) >= 11 is 0. The standard InChI is InChI=1S/C27H53N2/c1-4-7-9-11-12-13-14-15-16-17-18-19-21-24-29-26-25-28(27(29)22-6-3)23-20-10-8-5-2/h25-26H,4-24H2,1-3H3/q+1. The van der Waals surface area contributed by atoms with Crippen molar-refractivity contribution in [3.8, 4) is 0 Å². The van der Waals surface area contributed by atoms with E-state index in [1.807, 2.05) is 0 Å². The molecule has 1 aromatic heterocycles. The van der Waals surface area contributed by atoms with Gasteiger partial charge in [0, 0.05) is 6.42 Å². The second kappa shape index (κ2) is 19.2. The zero-order chi connectivity index (χ0) is 21.0. The number of aryl methyl sites for hydroxylation is 2. The Kier molecular flexibility index (Phi) is 17.4. The van der Waals surface area contributed by atoms with Gasteiger partial charge < -0.3 is 0 Å². The van der Waals surface area contributed by atoms with Gasteiger partial charge in [-0.25, -0.2) is 9.13 Å². The molecule has 2 heteroatoms. The van der Waals surface area contributed by atoms with Crippen LogP contribution in [0.3, 0.4) is 0 Å². The van der Waals surface area contributed by atoms with Crippen LogP contribution in [0, 0.1) is 0 Å². The Hall–Kier alpha value is -0.790. The lowest BCUT2D eigenvalue weighted by Crippen LogP contribution is -2.37. The van der Waals surface area contributed by atoms with Crippen molar-refractivity contribution in [2.24, 2.45) is 0 Å². The zero-order valence-electron chi connectivity index (χ0n) is 20.4. The maximum atomic E-state index is 2.54. The lowest BCUT2D eigenvalue weighted by atomic mass is 10.0. The fourth-order valence-electron chi connectivity index (χ4n) is 4.42. The van der Waals surface area contributed by atoms with E-state index in [-0.39, 0.29) is 0 Å². The molecule has 170 valence electrons. The van der Waals surface area contributed by atoms with Gasteiger partial charge in [0.1, 0.15) is 12.4 Å². The third-order valence-corrected chi connectivity index (χ3v) is 6.32. The lowest BCUT2D eigenvalue weighted by Gasteiger charge is -2.05. The Balaban J connectivity index is 2.08. The Labute approximate surface area is 183 Å². The molecule has 0 bridgehead atoms. The van der Waals surface area contributed by atoms with Gasteiger partial charge in [0.15, 0.2) is 0 Å². The first-order valence-electron chi connectivity index (χ1n) is 13.4. The third kappa shape index (κ3) is 13.2. The van der Waals surface area contributed by atoms with Crippen LogP contribution in [-0.4, -0.2) is 4.57 Å². The van der Waals surface area contributed by atoms with Crippen molar-refractivity contribution in [3.63, 3.8) is 0 Å². The summed E-state index contributed by atoms with van der Waals surface area (Å²) in [7, 11) is 0. The molecule has 0 aliphatic heterocycles. The van der Waals surface area contributed by atoms with Crippen molar-refractivity contribution >= 4 is 0 Å². The summed E-state index contributed by atoms with van der Waals surface area (Å²) in [6, 6.07) is 0. The van der Waals surface area contributed by atoms with Crippen LogP contribution in [0.5, 0.6) is 0 Å². The fourth-order valence-corrected chi connectivity index (χ4v) is 4.42. The Bertz CT molecular complexity index is 463. The van der Waals surface area contributed by atoms with Gasteiger partial charge in [-0.2, -0.15) is 0 Å². The monoisotopic (exact) mass is 405 g/mol. The quantitative estimate of drug-likeness (QED) is 0.143.